The molecule has 0 aliphatic heterocycles. The van der Waals surface area contributed by atoms with Crippen LogP contribution in [0.25, 0.3) is 16.9 Å². The van der Waals surface area contributed by atoms with Gasteiger partial charge in [0.25, 0.3) is 0 Å². The number of methoxy groups -OCH3 is 1. The molecule has 0 fully saturated rings. The first kappa shape index (κ1) is 24.8. The highest BCUT2D eigenvalue weighted by molar-refractivity contribution is 6.42. The third kappa shape index (κ3) is 5.67. The SMILES string of the molecule is COCCCc1cc(Cl)c(Cl)cc1NC(=O)Nc1c(C)c(-c2cnn(C)c2)nn1-c1ccccc1. The fourth-order valence-electron chi connectivity index (χ4n) is 3.80. The molecule has 2 heterocycles. The Morgan fingerprint density at radius 3 is 2.54 bits per heavy atom. The number of urea groups is 1. The number of anilines is 2. The first-order valence-corrected chi connectivity index (χ1v) is 11.8. The first-order chi connectivity index (χ1) is 16.9. The monoisotopic (exact) mass is 512 g/mol. The lowest BCUT2D eigenvalue weighted by Gasteiger charge is -2.15. The second kappa shape index (κ2) is 10.9. The lowest BCUT2D eigenvalue weighted by molar-refractivity contribution is 0.195. The van der Waals surface area contributed by atoms with E-state index in [2.05, 4.69) is 15.7 Å². The first-order valence-electron chi connectivity index (χ1n) is 11.1. The van der Waals surface area contributed by atoms with E-state index in [1.165, 1.54) is 0 Å². The Hall–Kier alpha value is -3.33. The molecule has 8 nitrogen and oxygen atoms in total. The van der Waals surface area contributed by atoms with Gasteiger partial charge in [-0.15, -0.1) is 0 Å². The zero-order valence-electron chi connectivity index (χ0n) is 19.7. The van der Waals surface area contributed by atoms with Gasteiger partial charge >= 0.3 is 6.03 Å². The van der Waals surface area contributed by atoms with Gasteiger partial charge in [0.1, 0.15) is 11.5 Å². The van der Waals surface area contributed by atoms with Crippen LogP contribution in [0.4, 0.5) is 16.3 Å². The molecule has 0 unspecified atom stereocenters. The van der Waals surface area contributed by atoms with Crippen LogP contribution in [0.1, 0.15) is 17.5 Å². The molecule has 4 rings (SSSR count). The summed E-state index contributed by atoms with van der Waals surface area (Å²) in [5.41, 5.74) is 4.67. The minimum atomic E-state index is -0.422. The Morgan fingerprint density at radius 2 is 1.86 bits per heavy atom. The van der Waals surface area contributed by atoms with Crippen LogP contribution in [0.5, 0.6) is 0 Å². The molecule has 0 aliphatic rings. The Labute approximate surface area is 213 Å². The fourth-order valence-corrected chi connectivity index (χ4v) is 4.15. The topological polar surface area (TPSA) is 86.0 Å². The average Bonchev–Trinajstić information content (AvgIpc) is 3.41. The Kier molecular flexibility index (Phi) is 7.75. The maximum atomic E-state index is 13.2. The number of nitrogens with zero attached hydrogens (tertiary/aromatic N) is 4. The lowest BCUT2D eigenvalue weighted by atomic mass is 10.1. The zero-order chi connectivity index (χ0) is 24.9. The van der Waals surface area contributed by atoms with Crippen molar-refractivity contribution in [2.75, 3.05) is 24.4 Å². The number of para-hydroxylation sites is 1. The van der Waals surface area contributed by atoms with Gasteiger partial charge in [0.05, 0.1) is 21.9 Å². The molecule has 2 N–H and O–H groups in total. The summed E-state index contributed by atoms with van der Waals surface area (Å²) in [6.07, 6.45) is 5.08. The van der Waals surface area contributed by atoms with Gasteiger partial charge in [-0.05, 0) is 49.6 Å². The highest BCUT2D eigenvalue weighted by Gasteiger charge is 2.20. The normalized spacial score (nSPS) is 11.0. The van der Waals surface area contributed by atoms with Crippen LogP contribution in [0, 0.1) is 6.92 Å². The second-order valence-electron chi connectivity index (χ2n) is 8.07. The summed E-state index contributed by atoms with van der Waals surface area (Å²) in [6, 6.07) is 12.6. The summed E-state index contributed by atoms with van der Waals surface area (Å²) < 4.78 is 8.58. The standard InChI is InChI=1S/C25H26Cl2N6O2/c1-16-23(18-14-28-32(2)15-18)31-33(19-9-5-4-6-10-19)24(16)30-25(34)29-22-13-21(27)20(26)12-17(22)8-7-11-35-3/h4-6,9-10,12-15H,7-8,11H2,1-3H3,(H2,29,30,34). The molecular formula is C25H26Cl2N6O2. The molecule has 0 bridgehead atoms. The van der Waals surface area contributed by atoms with Gasteiger partial charge in [-0.1, -0.05) is 41.4 Å². The molecule has 0 saturated carbocycles. The van der Waals surface area contributed by atoms with Crippen LogP contribution in [-0.2, 0) is 18.2 Å². The molecular weight excluding hydrogens is 487 g/mol. The van der Waals surface area contributed by atoms with Gasteiger partial charge in [-0.3, -0.25) is 10.00 Å². The minimum Gasteiger partial charge on any atom is -0.385 e. The van der Waals surface area contributed by atoms with Crippen molar-refractivity contribution in [3.63, 3.8) is 0 Å². The van der Waals surface area contributed by atoms with Crippen molar-refractivity contribution in [3.05, 3.63) is 76.0 Å². The molecule has 2 aromatic heterocycles. The number of ether oxygens (including phenoxy) is 1. The van der Waals surface area contributed by atoms with Crippen LogP contribution in [0.15, 0.2) is 54.9 Å². The van der Waals surface area contributed by atoms with Crippen molar-refractivity contribution in [1.29, 1.82) is 0 Å². The average molecular weight is 513 g/mol. The van der Waals surface area contributed by atoms with Gasteiger partial charge in [-0.25, -0.2) is 9.48 Å². The summed E-state index contributed by atoms with van der Waals surface area (Å²) in [5.74, 6) is 0.550. The predicted octanol–water partition coefficient (Wildman–Crippen LogP) is 6.11. The fraction of sp³-hybridized carbons (Fsp3) is 0.240. The van der Waals surface area contributed by atoms with Crippen molar-refractivity contribution in [2.24, 2.45) is 7.05 Å². The number of aromatic nitrogens is 4. The van der Waals surface area contributed by atoms with E-state index in [0.717, 1.165) is 34.5 Å². The minimum absolute atomic E-state index is 0.363. The van der Waals surface area contributed by atoms with Crippen LogP contribution in [-0.4, -0.2) is 39.3 Å². The van der Waals surface area contributed by atoms with E-state index in [1.54, 1.807) is 34.8 Å². The number of carbonyl (C=O) groups excluding carboxylic acids is 1. The summed E-state index contributed by atoms with van der Waals surface area (Å²) >= 11 is 12.5. The van der Waals surface area contributed by atoms with E-state index in [0.29, 0.717) is 34.6 Å². The largest absolute Gasteiger partial charge is 0.385 e. The van der Waals surface area contributed by atoms with Crippen LogP contribution in [0.3, 0.4) is 0 Å². The Bertz CT molecular complexity index is 1330. The molecule has 0 spiro atoms. The number of carbonyl (C=O) groups is 1. The highest BCUT2D eigenvalue weighted by Crippen LogP contribution is 2.32. The van der Waals surface area contributed by atoms with Crippen LogP contribution >= 0.6 is 23.2 Å². The molecule has 0 saturated heterocycles. The molecule has 0 atom stereocenters. The molecule has 4 aromatic rings. The quantitative estimate of drug-likeness (QED) is 0.279. The van der Waals surface area contributed by atoms with Crippen molar-refractivity contribution < 1.29 is 9.53 Å². The van der Waals surface area contributed by atoms with Gasteiger partial charge in [0, 0.05) is 43.8 Å². The third-order valence-electron chi connectivity index (χ3n) is 5.52. The molecule has 182 valence electrons. The van der Waals surface area contributed by atoms with Gasteiger partial charge < -0.3 is 10.1 Å². The van der Waals surface area contributed by atoms with E-state index < -0.39 is 6.03 Å². The summed E-state index contributed by atoms with van der Waals surface area (Å²) in [5, 5.41) is 15.7. The van der Waals surface area contributed by atoms with Crippen molar-refractivity contribution in [1.82, 2.24) is 19.6 Å². The van der Waals surface area contributed by atoms with Crippen molar-refractivity contribution in [3.8, 4) is 16.9 Å². The number of nitrogens with one attached hydrogen (secondary N) is 2. The van der Waals surface area contributed by atoms with E-state index >= 15 is 0 Å². The smallest absolute Gasteiger partial charge is 0.324 e. The van der Waals surface area contributed by atoms with Gasteiger partial charge in [-0.2, -0.15) is 10.2 Å². The summed E-state index contributed by atoms with van der Waals surface area (Å²) in [4.78, 5) is 13.2. The van der Waals surface area contributed by atoms with E-state index in [1.807, 2.05) is 50.5 Å². The number of hydrogen-bond acceptors (Lipinski definition) is 4. The molecule has 2 amide bonds. The van der Waals surface area contributed by atoms with E-state index in [-0.39, 0.29) is 0 Å². The predicted molar refractivity (Wildman–Crippen MR) is 140 cm³/mol. The maximum Gasteiger partial charge on any atom is 0.324 e. The van der Waals surface area contributed by atoms with Crippen molar-refractivity contribution in [2.45, 2.75) is 19.8 Å². The maximum absolute atomic E-state index is 13.2. The Morgan fingerprint density at radius 1 is 1.11 bits per heavy atom. The van der Waals surface area contributed by atoms with Crippen molar-refractivity contribution >= 4 is 40.7 Å². The lowest BCUT2D eigenvalue weighted by Crippen LogP contribution is -2.22. The molecule has 0 aliphatic carbocycles. The Balaban J connectivity index is 1.66. The van der Waals surface area contributed by atoms with Crippen LogP contribution < -0.4 is 10.6 Å². The molecule has 0 radical (unpaired) electrons. The second-order valence-corrected chi connectivity index (χ2v) is 8.89. The number of aryl methyl sites for hydroxylation is 2. The highest BCUT2D eigenvalue weighted by atomic mass is 35.5. The summed E-state index contributed by atoms with van der Waals surface area (Å²) in [6.45, 7) is 2.51. The molecule has 35 heavy (non-hydrogen) atoms. The number of benzene rings is 2. The van der Waals surface area contributed by atoms with E-state index in [9.17, 15) is 4.79 Å². The van der Waals surface area contributed by atoms with Gasteiger partial charge in [0.15, 0.2) is 0 Å². The molecule has 2 aromatic carbocycles. The number of amides is 2. The zero-order valence-corrected chi connectivity index (χ0v) is 21.2. The van der Waals surface area contributed by atoms with E-state index in [4.69, 9.17) is 33.0 Å². The van der Waals surface area contributed by atoms with Crippen LogP contribution in [0.2, 0.25) is 10.0 Å². The number of halogens is 2. The third-order valence-corrected chi connectivity index (χ3v) is 6.24. The number of rotatable bonds is 8. The number of hydrogen-bond donors (Lipinski definition) is 2. The molecule has 10 heteroatoms. The summed E-state index contributed by atoms with van der Waals surface area (Å²) in [7, 11) is 3.50. The van der Waals surface area contributed by atoms with Gasteiger partial charge in [0.2, 0.25) is 0 Å².